The molecule has 0 saturated carbocycles. The Balaban J connectivity index is 1.94. The summed E-state index contributed by atoms with van der Waals surface area (Å²) in [5, 5.41) is 3.26. The smallest absolute Gasteiger partial charge is 0.369 e. The number of primary amides is 1. The van der Waals surface area contributed by atoms with Crippen molar-refractivity contribution in [2.24, 2.45) is 5.73 Å². The van der Waals surface area contributed by atoms with Gasteiger partial charge in [-0.2, -0.15) is 13.2 Å². The van der Waals surface area contributed by atoms with Gasteiger partial charge < -0.3 is 11.1 Å². The third kappa shape index (κ3) is 4.20. The van der Waals surface area contributed by atoms with Crippen molar-refractivity contribution in [3.63, 3.8) is 0 Å². The molecule has 1 heterocycles. The molecule has 3 rings (SSSR count). The summed E-state index contributed by atoms with van der Waals surface area (Å²) in [5.41, 5.74) is 6.20. The maximum absolute atomic E-state index is 12.8. The summed E-state index contributed by atoms with van der Waals surface area (Å²) < 4.78 is 38.5. The number of aromatic nitrogens is 1. The zero-order chi connectivity index (χ0) is 18.7. The van der Waals surface area contributed by atoms with Crippen molar-refractivity contribution in [1.29, 1.82) is 0 Å². The van der Waals surface area contributed by atoms with E-state index in [4.69, 9.17) is 5.73 Å². The number of thiazole rings is 1. The van der Waals surface area contributed by atoms with Crippen LogP contribution in [0.4, 0.5) is 24.0 Å². The average molecular weight is 377 g/mol. The number of nitrogens with one attached hydrogen (secondary N) is 1. The fourth-order valence-electron chi connectivity index (χ4n) is 2.40. The lowest BCUT2D eigenvalue weighted by molar-refractivity contribution is -0.137. The van der Waals surface area contributed by atoms with E-state index in [9.17, 15) is 18.0 Å². The Bertz CT molecular complexity index is 923. The van der Waals surface area contributed by atoms with Crippen LogP contribution in [0.25, 0.3) is 11.3 Å². The second kappa shape index (κ2) is 7.17. The van der Waals surface area contributed by atoms with Crippen LogP contribution in [0.5, 0.6) is 0 Å². The molecule has 0 aliphatic carbocycles. The molecule has 0 bridgehead atoms. The second-order valence-corrected chi connectivity index (χ2v) is 6.59. The van der Waals surface area contributed by atoms with Crippen LogP contribution in [-0.4, -0.2) is 10.9 Å². The molecule has 3 aromatic rings. The lowest BCUT2D eigenvalue weighted by Gasteiger charge is -2.08. The highest BCUT2D eigenvalue weighted by Crippen LogP contribution is 2.35. The minimum Gasteiger partial charge on any atom is -0.369 e. The van der Waals surface area contributed by atoms with Crippen LogP contribution in [0.15, 0.2) is 54.6 Å². The summed E-state index contributed by atoms with van der Waals surface area (Å²) in [6, 6.07) is 14.1. The fraction of sp³-hybridized carbons (Fsp3) is 0.111. The molecule has 0 atom stereocenters. The highest BCUT2D eigenvalue weighted by molar-refractivity contribution is 7.16. The summed E-state index contributed by atoms with van der Waals surface area (Å²) in [7, 11) is 0. The molecule has 0 fully saturated rings. The van der Waals surface area contributed by atoms with E-state index < -0.39 is 17.6 Å². The van der Waals surface area contributed by atoms with Gasteiger partial charge in [0, 0.05) is 16.1 Å². The van der Waals surface area contributed by atoms with E-state index >= 15 is 0 Å². The Morgan fingerprint density at radius 3 is 2.50 bits per heavy atom. The maximum atomic E-state index is 12.8. The van der Waals surface area contributed by atoms with Gasteiger partial charge in [-0.25, -0.2) is 4.98 Å². The number of rotatable bonds is 5. The number of halogens is 3. The predicted molar refractivity (Wildman–Crippen MR) is 95.2 cm³/mol. The normalized spacial score (nSPS) is 11.3. The number of carbonyl (C=O) groups is 1. The lowest BCUT2D eigenvalue weighted by Crippen LogP contribution is -2.13. The summed E-state index contributed by atoms with van der Waals surface area (Å²) in [5.74, 6) is -0.503. The van der Waals surface area contributed by atoms with Gasteiger partial charge in [-0.3, -0.25) is 4.79 Å². The van der Waals surface area contributed by atoms with Gasteiger partial charge in [0.15, 0.2) is 5.13 Å². The number of hydrogen-bond donors (Lipinski definition) is 2. The van der Waals surface area contributed by atoms with Gasteiger partial charge in [0.05, 0.1) is 17.7 Å². The zero-order valence-electron chi connectivity index (χ0n) is 13.4. The van der Waals surface area contributed by atoms with Crippen molar-refractivity contribution in [2.45, 2.75) is 12.6 Å². The molecule has 1 amide bonds. The Morgan fingerprint density at radius 1 is 1.12 bits per heavy atom. The summed E-state index contributed by atoms with van der Waals surface area (Å²) in [4.78, 5) is 16.4. The van der Waals surface area contributed by atoms with Crippen molar-refractivity contribution in [3.05, 3.63) is 65.0 Å². The highest BCUT2D eigenvalue weighted by atomic mass is 32.1. The third-order valence-corrected chi connectivity index (χ3v) is 4.49. The van der Waals surface area contributed by atoms with E-state index in [-0.39, 0.29) is 12.1 Å². The first kappa shape index (κ1) is 17.9. The first-order valence-corrected chi connectivity index (χ1v) is 8.42. The molecule has 0 radical (unpaired) electrons. The predicted octanol–water partition coefficient (Wildman–Crippen LogP) is 4.60. The standard InChI is InChI=1S/C18H14F3N3OS/c19-18(20,21)12-7-4-8-13(9-12)23-17-24-16(11-5-2-1-3-6-11)14(26-17)10-15(22)25/h1-9H,10H2,(H2,22,25)(H,23,24). The Kier molecular flexibility index (Phi) is 4.94. The fourth-order valence-corrected chi connectivity index (χ4v) is 3.42. The molecule has 3 N–H and O–H groups in total. The Labute approximate surface area is 151 Å². The van der Waals surface area contributed by atoms with Gasteiger partial charge in [0.2, 0.25) is 5.91 Å². The Hall–Kier alpha value is -2.87. The van der Waals surface area contributed by atoms with E-state index in [1.807, 2.05) is 30.3 Å². The molecule has 0 aliphatic heterocycles. The molecular formula is C18H14F3N3OS. The zero-order valence-corrected chi connectivity index (χ0v) is 14.2. The molecule has 0 spiro atoms. The minimum atomic E-state index is -4.42. The Morgan fingerprint density at radius 2 is 1.85 bits per heavy atom. The van der Waals surface area contributed by atoms with Crippen LogP contribution in [-0.2, 0) is 17.4 Å². The van der Waals surface area contributed by atoms with Crippen LogP contribution in [0.3, 0.4) is 0 Å². The molecular weight excluding hydrogens is 363 g/mol. The van der Waals surface area contributed by atoms with Crippen molar-refractivity contribution >= 4 is 28.1 Å². The van der Waals surface area contributed by atoms with Crippen LogP contribution in [0.1, 0.15) is 10.4 Å². The van der Waals surface area contributed by atoms with Crippen molar-refractivity contribution in [3.8, 4) is 11.3 Å². The number of carbonyl (C=O) groups excluding carboxylic acids is 1. The first-order chi connectivity index (χ1) is 12.3. The molecule has 0 saturated heterocycles. The van der Waals surface area contributed by atoms with Crippen LogP contribution in [0, 0.1) is 0 Å². The van der Waals surface area contributed by atoms with Crippen LogP contribution >= 0.6 is 11.3 Å². The van der Waals surface area contributed by atoms with Gasteiger partial charge in [0.25, 0.3) is 0 Å². The summed E-state index contributed by atoms with van der Waals surface area (Å²) in [6.07, 6.45) is -4.42. The second-order valence-electron chi connectivity index (χ2n) is 5.50. The van der Waals surface area contributed by atoms with Crippen molar-refractivity contribution in [2.75, 3.05) is 5.32 Å². The number of alkyl halides is 3. The molecule has 4 nitrogen and oxygen atoms in total. The third-order valence-electron chi connectivity index (χ3n) is 3.52. The number of benzene rings is 2. The summed E-state index contributed by atoms with van der Waals surface area (Å²) in [6.45, 7) is 0. The van der Waals surface area contributed by atoms with Crippen LogP contribution in [0.2, 0.25) is 0 Å². The maximum Gasteiger partial charge on any atom is 0.416 e. The van der Waals surface area contributed by atoms with Gasteiger partial charge >= 0.3 is 6.18 Å². The highest BCUT2D eigenvalue weighted by Gasteiger charge is 2.30. The van der Waals surface area contributed by atoms with E-state index in [1.54, 1.807) is 0 Å². The number of anilines is 2. The molecule has 2 aromatic carbocycles. The number of nitrogens with two attached hydrogens (primary N) is 1. The number of hydrogen-bond acceptors (Lipinski definition) is 4. The molecule has 0 aliphatic rings. The monoisotopic (exact) mass is 377 g/mol. The SMILES string of the molecule is NC(=O)Cc1sc(Nc2cccc(C(F)(F)F)c2)nc1-c1ccccc1. The van der Waals surface area contributed by atoms with E-state index in [1.165, 1.54) is 23.5 Å². The first-order valence-electron chi connectivity index (χ1n) is 7.60. The summed E-state index contributed by atoms with van der Waals surface area (Å²) >= 11 is 1.19. The molecule has 1 aromatic heterocycles. The molecule has 0 unspecified atom stereocenters. The quantitative estimate of drug-likeness (QED) is 0.683. The molecule has 134 valence electrons. The molecule has 26 heavy (non-hydrogen) atoms. The number of nitrogens with zero attached hydrogens (tertiary/aromatic N) is 1. The molecule has 8 heteroatoms. The van der Waals surface area contributed by atoms with Gasteiger partial charge in [-0.1, -0.05) is 36.4 Å². The lowest BCUT2D eigenvalue weighted by atomic mass is 10.1. The van der Waals surface area contributed by atoms with Gasteiger partial charge in [0.1, 0.15) is 0 Å². The minimum absolute atomic E-state index is 0.00612. The van der Waals surface area contributed by atoms with E-state index in [0.717, 1.165) is 17.7 Å². The van der Waals surface area contributed by atoms with Crippen LogP contribution < -0.4 is 11.1 Å². The van der Waals surface area contributed by atoms with Crippen molar-refractivity contribution < 1.29 is 18.0 Å². The van der Waals surface area contributed by atoms with Gasteiger partial charge in [-0.05, 0) is 18.2 Å². The van der Waals surface area contributed by atoms with E-state index in [2.05, 4.69) is 10.3 Å². The van der Waals surface area contributed by atoms with Gasteiger partial charge in [-0.15, -0.1) is 11.3 Å². The largest absolute Gasteiger partial charge is 0.416 e. The van der Waals surface area contributed by atoms with Crippen molar-refractivity contribution in [1.82, 2.24) is 4.98 Å². The van der Waals surface area contributed by atoms with E-state index in [0.29, 0.717) is 15.7 Å². The average Bonchev–Trinajstić information content (AvgIpc) is 2.96. The number of amides is 1. The topological polar surface area (TPSA) is 68.0 Å².